The predicted molar refractivity (Wildman–Crippen MR) is 109 cm³/mol. The molecule has 2 aromatic carbocycles. The quantitative estimate of drug-likeness (QED) is 0.551. The Balaban J connectivity index is 1.99. The SMILES string of the molecule is C=CCOC(=O)C1=C(C)N(Cc2ccc(C)cc2)C(=O)CC1c1ccccc1. The number of carbonyl (C=O) groups excluding carboxylic acids is 2. The summed E-state index contributed by atoms with van der Waals surface area (Å²) in [5.41, 5.74) is 4.32. The number of allylic oxidation sites excluding steroid dienone is 1. The topological polar surface area (TPSA) is 46.6 Å². The van der Waals surface area contributed by atoms with E-state index in [1.807, 2.05) is 68.4 Å². The Hall–Kier alpha value is -3.14. The molecule has 1 amide bonds. The molecule has 1 unspecified atom stereocenters. The molecule has 28 heavy (non-hydrogen) atoms. The molecule has 0 bridgehead atoms. The van der Waals surface area contributed by atoms with Crippen molar-refractivity contribution in [1.82, 2.24) is 4.90 Å². The second-order valence-corrected chi connectivity index (χ2v) is 7.02. The monoisotopic (exact) mass is 375 g/mol. The zero-order chi connectivity index (χ0) is 20.1. The first kappa shape index (κ1) is 19.6. The van der Waals surface area contributed by atoms with Gasteiger partial charge in [0.2, 0.25) is 5.91 Å². The predicted octanol–water partition coefficient (Wildman–Crippen LogP) is 4.51. The molecule has 1 aliphatic heterocycles. The van der Waals surface area contributed by atoms with Crippen molar-refractivity contribution in [2.24, 2.45) is 0 Å². The molecule has 1 atom stereocenters. The number of hydrogen-bond donors (Lipinski definition) is 0. The van der Waals surface area contributed by atoms with Gasteiger partial charge in [0.15, 0.2) is 0 Å². The molecule has 0 fully saturated rings. The first-order chi connectivity index (χ1) is 13.5. The van der Waals surface area contributed by atoms with E-state index in [4.69, 9.17) is 4.74 Å². The molecule has 144 valence electrons. The summed E-state index contributed by atoms with van der Waals surface area (Å²) in [4.78, 5) is 27.5. The molecule has 0 N–H and O–H groups in total. The molecular formula is C24H25NO3. The normalized spacial score (nSPS) is 16.9. The van der Waals surface area contributed by atoms with E-state index in [0.29, 0.717) is 17.8 Å². The van der Waals surface area contributed by atoms with E-state index in [0.717, 1.165) is 11.1 Å². The number of ether oxygens (including phenoxy) is 1. The molecule has 4 nitrogen and oxygen atoms in total. The number of hydrogen-bond acceptors (Lipinski definition) is 3. The average molecular weight is 375 g/mol. The number of nitrogens with zero attached hydrogens (tertiary/aromatic N) is 1. The molecular weight excluding hydrogens is 350 g/mol. The molecule has 1 aliphatic rings. The van der Waals surface area contributed by atoms with Crippen LogP contribution >= 0.6 is 0 Å². The van der Waals surface area contributed by atoms with Gasteiger partial charge < -0.3 is 9.64 Å². The maximum Gasteiger partial charge on any atom is 0.336 e. The Kier molecular flexibility index (Phi) is 6.09. The molecule has 0 aromatic heterocycles. The molecule has 4 heteroatoms. The maximum atomic E-state index is 13.0. The van der Waals surface area contributed by atoms with Gasteiger partial charge in [0.05, 0.1) is 12.1 Å². The van der Waals surface area contributed by atoms with Crippen LogP contribution in [0.2, 0.25) is 0 Å². The van der Waals surface area contributed by atoms with Crippen LogP contribution in [0.4, 0.5) is 0 Å². The molecule has 3 rings (SSSR count). The van der Waals surface area contributed by atoms with Crippen LogP contribution in [-0.4, -0.2) is 23.4 Å². The van der Waals surface area contributed by atoms with E-state index in [2.05, 4.69) is 6.58 Å². The Bertz CT molecular complexity index is 897. The summed E-state index contributed by atoms with van der Waals surface area (Å²) in [6.45, 7) is 8.04. The maximum absolute atomic E-state index is 13.0. The minimum Gasteiger partial charge on any atom is -0.458 e. The van der Waals surface area contributed by atoms with Gasteiger partial charge in [0.1, 0.15) is 6.61 Å². The fourth-order valence-corrected chi connectivity index (χ4v) is 3.53. The largest absolute Gasteiger partial charge is 0.458 e. The first-order valence-electron chi connectivity index (χ1n) is 9.41. The van der Waals surface area contributed by atoms with Crippen LogP contribution in [0.25, 0.3) is 0 Å². The zero-order valence-electron chi connectivity index (χ0n) is 16.4. The van der Waals surface area contributed by atoms with Gasteiger partial charge in [-0.3, -0.25) is 4.79 Å². The zero-order valence-corrected chi connectivity index (χ0v) is 16.4. The lowest BCUT2D eigenvalue weighted by atomic mass is 9.83. The fraction of sp³-hybridized carbons (Fsp3) is 0.250. The lowest BCUT2D eigenvalue weighted by Crippen LogP contribution is -2.38. The molecule has 0 radical (unpaired) electrons. The Morgan fingerprint density at radius 1 is 1.14 bits per heavy atom. The highest BCUT2D eigenvalue weighted by molar-refractivity contribution is 5.95. The second-order valence-electron chi connectivity index (χ2n) is 7.02. The Labute approximate surface area is 166 Å². The summed E-state index contributed by atoms with van der Waals surface area (Å²) in [6.07, 6.45) is 1.79. The van der Waals surface area contributed by atoms with Crippen molar-refractivity contribution in [3.05, 3.63) is 95.2 Å². The smallest absolute Gasteiger partial charge is 0.336 e. The van der Waals surface area contributed by atoms with Crippen LogP contribution in [0.3, 0.4) is 0 Å². The molecule has 2 aromatic rings. The van der Waals surface area contributed by atoms with Crippen molar-refractivity contribution in [2.75, 3.05) is 6.61 Å². The number of rotatable bonds is 6. The van der Waals surface area contributed by atoms with Crippen molar-refractivity contribution < 1.29 is 14.3 Å². The van der Waals surface area contributed by atoms with Gasteiger partial charge in [0.25, 0.3) is 0 Å². The van der Waals surface area contributed by atoms with Gasteiger partial charge in [-0.25, -0.2) is 4.79 Å². The van der Waals surface area contributed by atoms with Gasteiger partial charge in [0, 0.05) is 18.0 Å². The van der Waals surface area contributed by atoms with Crippen molar-refractivity contribution in [1.29, 1.82) is 0 Å². The van der Waals surface area contributed by atoms with E-state index >= 15 is 0 Å². The van der Waals surface area contributed by atoms with Crippen LogP contribution in [0.5, 0.6) is 0 Å². The lowest BCUT2D eigenvalue weighted by Gasteiger charge is -2.34. The van der Waals surface area contributed by atoms with Gasteiger partial charge in [-0.05, 0) is 25.0 Å². The van der Waals surface area contributed by atoms with Crippen molar-refractivity contribution in [3.63, 3.8) is 0 Å². The highest BCUT2D eigenvalue weighted by atomic mass is 16.5. The Morgan fingerprint density at radius 2 is 1.82 bits per heavy atom. The molecule has 0 saturated carbocycles. The van der Waals surface area contributed by atoms with E-state index in [1.54, 1.807) is 11.0 Å². The summed E-state index contributed by atoms with van der Waals surface area (Å²) in [6, 6.07) is 17.7. The summed E-state index contributed by atoms with van der Waals surface area (Å²) in [7, 11) is 0. The molecule has 0 aliphatic carbocycles. The second kappa shape index (κ2) is 8.70. The van der Waals surface area contributed by atoms with E-state index in [-0.39, 0.29) is 24.9 Å². The molecule has 1 heterocycles. The van der Waals surface area contributed by atoms with E-state index < -0.39 is 5.97 Å². The number of esters is 1. The average Bonchev–Trinajstić information content (AvgIpc) is 2.71. The van der Waals surface area contributed by atoms with Crippen molar-refractivity contribution >= 4 is 11.9 Å². The summed E-state index contributed by atoms with van der Waals surface area (Å²) in [5, 5.41) is 0. The van der Waals surface area contributed by atoms with Crippen LogP contribution in [-0.2, 0) is 20.9 Å². The Morgan fingerprint density at radius 3 is 2.46 bits per heavy atom. The standard InChI is InChI=1S/C24H25NO3/c1-4-14-28-24(27)23-18(3)25(16-19-12-10-17(2)11-13-19)22(26)15-21(23)20-8-6-5-7-9-20/h4-13,21H,1,14-16H2,2-3H3. The summed E-state index contributed by atoms with van der Waals surface area (Å²) < 4.78 is 5.35. The minimum atomic E-state index is -0.396. The lowest BCUT2D eigenvalue weighted by molar-refractivity contribution is -0.139. The van der Waals surface area contributed by atoms with E-state index in [1.165, 1.54) is 5.56 Å². The third kappa shape index (κ3) is 4.22. The highest BCUT2D eigenvalue weighted by Gasteiger charge is 2.36. The van der Waals surface area contributed by atoms with Crippen LogP contribution < -0.4 is 0 Å². The van der Waals surface area contributed by atoms with Crippen molar-refractivity contribution in [2.45, 2.75) is 32.7 Å². The van der Waals surface area contributed by atoms with Crippen LogP contribution in [0.1, 0.15) is 36.0 Å². The number of carbonyl (C=O) groups is 2. The number of aryl methyl sites for hydroxylation is 1. The first-order valence-corrected chi connectivity index (χ1v) is 9.41. The van der Waals surface area contributed by atoms with Crippen LogP contribution in [0.15, 0.2) is 78.5 Å². The van der Waals surface area contributed by atoms with Gasteiger partial charge in [-0.15, -0.1) is 0 Å². The minimum absolute atomic E-state index is 0.00667. The van der Waals surface area contributed by atoms with Gasteiger partial charge in [-0.1, -0.05) is 72.8 Å². The number of benzene rings is 2. The van der Waals surface area contributed by atoms with Crippen molar-refractivity contribution in [3.8, 4) is 0 Å². The highest BCUT2D eigenvalue weighted by Crippen LogP contribution is 2.37. The van der Waals surface area contributed by atoms with Crippen LogP contribution in [0, 0.1) is 6.92 Å². The third-order valence-corrected chi connectivity index (χ3v) is 5.04. The van der Waals surface area contributed by atoms with Gasteiger partial charge in [-0.2, -0.15) is 0 Å². The summed E-state index contributed by atoms with van der Waals surface area (Å²) >= 11 is 0. The molecule has 0 spiro atoms. The van der Waals surface area contributed by atoms with Gasteiger partial charge >= 0.3 is 5.97 Å². The van der Waals surface area contributed by atoms with E-state index in [9.17, 15) is 9.59 Å². The molecule has 0 saturated heterocycles. The summed E-state index contributed by atoms with van der Waals surface area (Å²) in [5.74, 6) is -0.694. The third-order valence-electron chi connectivity index (χ3n) is 5.04. The number of amides is 1. The fourth-order valence-electron chi connectivity index (χ4n) is 3.53.